The maximum atomic E-state index is 12.0. The number of halogens is 2. The first-order valence-corrected chi connectivity index (χ1v) is 8.44. The van der Waals surface area contributed by atoms with Crippen LogP contribution in [0.1, 0.15) is 38.2 Å². The summed E-state index contributed by atoms with van der Waals surface area (Å²) in [5.41, 5.74) is 8.50. The van der Waals surface area contributed by atoms with Crippen molar-refractivity contribution >= 4 is 36.4 Å². The summed E-state index contributed by atoms with van der Waals surface area (Å²) in [5.74, 6) is 0.515. The largest absolute Gasteiger partial charge is 0.370 e. The van der Waals surface area contributed by atoms with E-state index in [9.17, 15) is 4.79 Å². The summed E-state index contributed by atoms with van der Waals surface area (Å²) in [6.45, 7) is 6.70. The van der Waals surface area contributed by atoms with Crippen LogP contribution in [0, 0.1) is 12.8 Å². The highest BCUT2D eigenvalue weighted by atomic mass is 35.5. The van der Waals surface area contributed by atoms with Gasteiger partial charge in [0.15, 0.2) is 0 Å². The van der Waals surface area contributed by atoms with E-state index in [1.165, 1.54) is 11.3 Å². The third-order valence-corrected chi connectivity index (χ3v) is 4.62. The topological polar surface area (TPSA) is 58.4 Å². The highest BCUT2D eigenvalue weighted by Crippen LogP contribution is 2.26. The number of amides is 1. The fourth-order valence-electron chi connectivity index (χ4n) is 3.25. The van der Waals surface area contributed by atoms with Crippen LogP contribution >= 0.6 is 24.8 Å². The summed E-state index contributed by atoms with van der Waals surface area (Å²) >= 11 is 0. The van der Waals surface area contributed by atoms with Crippen LogP contribution in [-0.4, -0.2) is 31.6 Å². The van der Waals surface area contributed by atoms with Gasteiger partial charge >= 0.3 is 0 Å². The number of nitrogens with two attached hydrogens (primary N) is 1. The number of likely N-dealkylation sites (N-methyl/N-ethyl adjacent to an activating group) is 1. The van der Waals surface area contributed by atoms with Gasteiger partial charge in [0.2, 0.25) is 5.91 Å². The minimum Gasteiger partial charge on any atom is -0.370 e. The van der Waals surface area contributed by atoms with Crippen molar-refractivity contribution in [3.8, 4) is 0 Å². The molecule has 4 nitrogen and oxygen atoms in total. The zero-order chi connectivity index (χ0) is 15.9. The Morgan fingerprint density at radius 2 is 2.08 bits per heavy atom. The van der Waals surface area contributed by atoms with Crippen LogP contribution < -0.4 is 16.0 Å². The Kier molecular flexibility index (Phi) is 11.1. The number of rotatable bonds is 7. The Morgan fingerprint density at radius 3 is 2.67 bits per heavy atom. The van der Waals surface area contributed by atoms with Crippen molar-refractivity contribution in [2.75, 3.05) is 24.5 Å². The lowest BCUT2D eigenvalue weighted by molar-refractivity contribution is -0.122. The third kappa shape index (κ3) is 6.88. The first-order chi connectivity index (χ1) is 10.6. The van der Waals surface area contributed by atoms with Crippen molar-refractivity contribution in [1.29, 1.82) is 0 Å². The van der Waals surface area contributed by atoms with Gasteiger partial charge in [0, 0.05) is 37.8 Å². The molecule has 0 heterocycles. The average molecular weight is 376 g/mol. The number of hydrogen-bond acceptors (Lipinski definition) is 3. The molecule has 0 unspecified atom stereocenters. The van der Waals surface area contributed by atoms with Crippen LogP contribution in [0.2, 0.25) is 0 Å². The van der Waals surface area contributed by atoms with Gasteiger partial charge in [-0.3, -0.25) is 4.79 Å². The molecule has 3 N–H and O–H groups in total. The van der Waals surface area contributed by atoms with Crippen LogP contribution in [0.15, 0.2) is 24.3 Å². The summed E-state index contributed by atoms with van der Waals surface area (Å²) < 4.78 is 0. The third-order valence-electron chi connectivity index (χ3n) is 4.62. The molecule has 1 saturated carbocycles. The summed E-state index contributed by atoms with van der Waals surface area (Å²) in [6, 6.07) is 8.70. The van der Waals surface area contributed by atoms with Crippen molar-refractivity contribution in [3.05, 3.63) is 29.8 Å². The van der Waals surface area contributed by atoms with Gasteiger partial charge in [0.25, 0.3) is 0 Å². The monoisotopic (exact) mass is 375 g/mol. The molecule has 1 fully saturated rings. The molecule has 0 spiro atoms. The normalized spacial score (nSPS) is 19.1. The van der Waals surface area contributed by atoms with Crippen LogP contribution in [0.3, 0.4) is 0 Å². The molecule has 0 saturated heterocycles. The number of carbonyl (C=O) groups excluding carboxylic acids is 1. The Morgan fingerprint density at radius 1 is 1.33 bits per heavy atom. The lowest BCUT2D eigenvalue weighted by atomic mass is 10.00. The molecule has 1 aromatic rings. The molecular formula is C18H31Cl2N3O. The van der Waals surface area contributed by atoms with Gasteiger partial charge in [-0.05, 0) is 50.3 Å². The van der Waals surface area contributed by atoms with E-state index in [1.54, 1.807) is 0 Å². The lowest BCUT2D eigenvalue weighted by Crippen LogP contribution is -2.37. The molecule has 2 rings (SSSR count). The number of nitrogens with zero attached hydrogens (tertiary/aromatic N) is 1. The van der Waals surface area contributed by atoms with Gasteiger partial charge in [-0.25, -0.2) is 0 Å². The second-order valence-electron chi connectivity index (χ2n) is 6.33. The average Bonchev–Trinajstić information content (AvgIpc) is 2.89. The van der Waals surface area contributed by atoms with E-state index in [-0.39, 0.29) is 36.8 Å². The summed E-state index contributed by atoms with van der Waals surface area (Å²) in [4.78, 5) is 14.3. The van der Waals surface area contributed by atoms with Crippen molar-refractivity contribution in [1.82, 2.24) is 5.32 Å². The number of nitrogens with one attached hydrogen (secondary N) is 1. The van der Waals surface area contributed by atoms with Gasteiger partial charge in [0.1, 0.15) is 0 Å². The Labute approximate surface area is 158 Å². The number of carbonyl (C=O) groups is 1. The highest BCUT2D eigenvalue weighted by Gasteiger charge is 2.25. The number of hydrogen-bond donors (Lipinski definition) is 2. The van der Waals surface area contributed by atoms with Gasteiger partial charge in [-0.1, -0.05) is 18.6 Å². The van der Waals surface area contributed by atoms with Gasteiger partial charge in [0.05, 0.1) is 0 Å². The van der Waals surface area contributed by atoms with E-state index in [0.29, 0.717) is 18.9 Å². The molecule has 0 radical (unpaired) electrons. The standard InChI is InChI=1S/C18H29N3O.2ClH/c1-3-21(16-8-4-6-14(2)12-16)11-10-20-18(22)13-15-7-5-9-17(15)19;;/h4,6,8,12,15,17H,3,5,7,9-11,13,19H2,1-2H3,(H,20,22);2*1H/t15-,17+;;/m0../s1. The maximum Gasteiger partial charge on any atom is 0.220 e. The molecule has 1 aliphatic carbocycles. The SMILES string of the molecule is CCN(CCNC(=O)C[C@@H]1CCC[C@H]1N)c1cccc(C)c1.Cl.Cl. The molecule has 2 atom stereocenters. The molecule has 1 amide bonds. The van der Waals surface area contributed by atoms with E-state index in [2.05, 4.69) is 48.3 Å². The molecule has 138 valence electrons. The van der Waals surface area contributed by atoms with Crippen LogP contribution in [0.4, 0.5) is 5.69 Å². The van der Waals surface area contributed by atoms with Gasteiger partial charge in [-0.2, -0.15) is 0 Å². The highest BCUT2D eigenvalue weighted by molar-refractivity contribution is 5.85. The molecule has 6 heteroatoms. The van der Waals surface area contributed by atoms with Crippen LogP contribution in [0.5, 0.6) is 0 Å². The lowest BCUT2D eigenvalue weighted by Gasteiger charge is -2.24. The van der Waals surface area contributed by atoms with E-state index < -0.39 is 0 Å². The second kappa shape index (κ2) is 11.6. The summed E-state index contributed by atoms with van der Waals surface area (Å²) in [5, 5.41) is 3.04. The first kappa shape index (κ1) is 23.0. The number of anilines is 1. The fourth-order valence-corrected chi connectivity index (χ4v) is 3.25. The fraction of sp³-hybridized carbons (Fsp3) is 0.611. The van der Waals surface area contributed by atoms with Gasteiger partial charge in [-0.15, -0.1) is 24.8 Å². The molecule has 1 aromatic carbocycles. The molecule has 0 aromatic heterocycles. The van der Waals surface area contributed by atoms with E-state index in [4.69, 9.17) is 5.73 Å². The zero-order valence-corrected chi connectivity index (χ0v) is 16.3. The maximum absolute atomic E-state index is 12.0. The zero-order valence-electron chi connectivity index (χ0n) is 14.7. The van der Waals surface area contributed by atoms with E-state index >= 15 is 0 Å². The molecule has 0 bridgehead atoms. The quantitative estimate of drug-likeness (QED) is 0.768. The minimum absolute atomic E-state index is 0. The Bertz CT molecular complexity index is 499. The van der Waals surface area contributed by atoms with Gasteiger partial charge < -0.3 is 16.0 Å². The van der Waals surface area contributed by atoms with Crippen LogP contribution in [-0.2, 0) is 4.79 Å². The molecular weight excluding hydrogens is 345 g/mol. The molecule has 1 aliphatic rings. The van der Waals surface area contributed by atoms with Crippen molar-refractivity contribution < 1.29 is 4.79 Å². The van der Waals surface area contributed by atoms with Crippen molar-refractivity contribution in [2.24, 2.45) is 11.7 Å². The van der Waals surface area contributed by atoms with E-state index in [0.717, 1.165) is 32.4 Å². The predicted molar refractivity (Wildman–Crippen MR) is 107 cm³/mol. The Balaban J connectivity index is 0.00000264. The van der Waals surface area contributed by atoms with Crippen molar-refractivity contribution in [3.63, 3.8) is 0 Å². The smallest absolute Gasteiger partial charge is 0.220 e. The molecule has 0 aliphatic heterocycles. The van der Waals surface area contributed by atoms with E-state index in [1.807, 2.05) is 0 Å². The Hall–Kier alpha value is -0.970. The second-order valence-corrected chi connectivity index (χ2v) is 6.33. The summed E-state index contributed by atoms with van der Waals surface area (Å²) in [7, 11) is 0. The predicted octanol–water partition coefficient (Wildman–Crippen LogP) is 3.30. The number of benzene rings is 1. The number of aryl methyl sites for hydroxylation is 1. The first-order valence-electron chi connectivity index (χ1n) is 8.44. The minimum atomic E-state index is 0. The summed E-state index contributed by atoms with van der Waals surface area (Å²) in [6.07, 6.45) is 3.90. The van der Waals surface area contributed by atoms with Crippen molar-refractivity contribution in [2.45, 2.75) is 45.6 Å². The van der Waals surface area contributed by atoms with Crippen LogP contribution in [0.25, 0.3) is 0 Å². The molecule has 24 heavy (non-hydrogen) atoms.